The van der Waals surface area contributed by atoms with Crippen molar-refractivity contribution in [2.45, 2.75) is 128 Å². The molecular formula is C29H46N2O5. The van der Waals surface area contributed by atoms with Crippen molar-refractivity contribution in [3.8, 4) is 0 Å². The lowest BCUT2D eigenvalue weighted by Gasteiger charge is -2.30. The van der Waals surface area contributed by atoms with Gasteiger partial charge in [0.05, 0.1) is 18.2 Å². The third kappa shape index (κ3) is 9.74. The van der Waals surface area contributed by atoms with Crippen LogP contribution in [0, 0.1) is 0 Å². The normalized spacial score (nSPS) is 23.6. The third-order valence-electron chi connectivity index (χ3n) is 7.19. The molecule has 1 saturated heterocycles. The van der Waals surface area contributed by atoms with E-state index in [-0.39, 0.29) is 25.7 Å². The van der Waals surface area contributed by atoms with Crippen LogP contribution in [0.15, 0.2) is 30.3 Å². The molecule has 0 unspecified atom stereocenters. The Morgan fingerprint density at radius 1 is 0.944 bits per heavy atom. The van der Waals surface area contributed by atoms with Crippen molar-refractivity contribution < 1.29 is 24.2 Å². The van der Waals surface area contributed by atoms with Crippen LogP contribution in [0.1, 0.15) is 97.0 Å². The lowest BCUT2D eigenvalue weighted by Crippen LogP contribution is -2.41. The first-order valence-corrected chi connectivity index (χ1v) is 13.9. The number of nitrogens with one attached hydrogen (secondary N) is 1. The quantitative estimate of drug-likeness (QED) is 0.503. The number of rotatable bonds is 6. The van der Waals surface area contributed by atoms with Crippen molar-refractivity contribution in [1.82, 2.24) is 10.2 Å². The van der Waals surface area contributed by atoms with E-state index in [1.54, 1.807) is 0 Å². The zero-order valence-electron chi connectivity index (χ0n) is 22.4. The Morgan fingerprint density at radius 2 is 1.50 bits per heavy atom. The van der Waals surface area contributed by atoms with Gasteiger partial charge in [0.2, 0.25) is 0 Å². The lowest BCUT2D eigenvalue weighted by atomic mass is 9.91. The number of benzene rings is 1. The molecule has 2 N–H and O–H groups in total. The zero-order chi connectivity index (χ0) is 26.0. The van der Waals surface area contributed by atoms with Crippen LogP contribution in [0.3, 0.4) is 0 Å². The molecule has 202 valence electrons. The van der Waals surface area contributed by atoms with Crippen molar-refractivity contribution in [1.29, 1.82) is 0 Å². The fourth-order valence-electron chi connectivity index (χ4n) is 5.49. The number of carboxylic acids is 1. The molecule has 2 saturated carbocycles. The van der Waals surface area contributed by atoms with Crippen LogP contribution in [0.4, 0.5) is 4.79 Å². The summed E-state index contributed by atoms with van der Waals surface area (Å²) in [5.41, 5.74) is 0.465. The van der Waals surface area contributed by atoms with Crippen LogP contribution in [-0.2, 0) is 20.9 Å². The first kappa shape index (κ1) is 28.5. The van der Waals surface area contributed by atoms with E-state index in [0.29, 0.717) is 0 Å². The van der Waals surface area contributed by atoms with Gasteiger partial charge in [0.1, 0.15) is 12.6 Å². The number of aliphatic carboxylic acids is 1. The van der Waals surface area contributed by atoms with Gasteiger partial charge in [-0.3, -0.25) is 4.90 Å². The smallest absolute Gasteiger partial charge is 0.410 e. The van der Waals surface area contributed by atoms with Gasteiger partial charge in [-0.05, 0) is 52.0 Å². The molecule has 1 amide bonds. The van der Waals surface area contributed by atoms with Gasteiger partial charge in [0.15, 0.2) is 0 Å². The number of carbonyl (C=O) groups excluding carboxylic acids is 1. The molecule has 36 heavy (non-hydrogen) atoms. The third-order valence-corrected chi connectivity index (χ3v) is 7.19. The Morgan fingerprint density at radius 3 is 2.00 bits per heavy atom. The Bertz CT molecular complexity index is 782. The predicted molar refractivity (Wildman–Crippen MR) is 141 cm³/mol. The predicted octanol–water partition coefficient (Wildman–Crippen LogP) is 5.91. The number of amides is 1. The fourth-order valence-corrected chi connectivity index (χ4v) is 5.49. The van der Waals surface area contributed by atoms with E-state index in [1.165, 1.54) is 69.1 Å². The molecule has 1 aromatic rings. The highest BCUT2D eigenvalue weighted by Crippen LogP contribution is 2.26. The van der Waals surface area contributed by atoms with E-state index in [2.05, 4.69) is 5.32 Å². The molecular weight excluding hydrogens is 456 g/mol. The molecule has 3 fully saturated rings. The summed E-state index contributed by atoms with van der Waals surface area (Å²) in [6.45, 7) is 6.05. The van der Waals surface area contributed by atoms with Gasteiger partial charge in [0, 0.05) is 18.5 Å². The first-order chi connectivity index (χ1) is 17.2. The molecule has 7 nitrogen and oxygen atoms in total. The topological polar surface area (TPSA) is 88.1 Å². The molecule has 7 heteroatoms. The first-order valence-electron chi connectivity index (χ1n) is 13.9. The lowest BCUT2D eigenvalue weighted by molar-refractivity contribution is -0.142. The summed E-state index contributed by atoms with van der Waals surface area (Å²) in [6, 6.07) is 10.1. The molecule has 0 bridgehead atoms. The number of carbonyl (C=O) groups is 2. The fraction of sp³-hybridized carbons (Fsp3) is 0.724. The minimum atomic E-state index is -1.04. The Kier molecular flexibility index (Phi) is 11.1. The van der Waals surface area contributed by atoms with Crippen molar-refractivity contribution in [3.05, 3.63) is 35.9 Å². The highest BCUT2D eigenvalue weighted by Gasteiger charge is 2.42. The maximum Gasteiger partial charge on any atom is 0.410 e. The SMILES string of the molecule is C1CCC(NC2CCCCC2)CC1.CC(C)(C)O[C@@H]1C[C@@H](C(=O)O)N(C(=O)OCc2ccccc2)C1. The van der Waals surface area contributed by atoms with E-state index in [0.717, 1.165) is 17.6 Å². The molecule has 1 aromatic carbocycles. The average molecular weight is 503 g/mol. The van der Waals surface area contributed by atoms with Crippen LogP contribution in [0.2, 0.25) is 0 Å². The number of nitrogens with zero attached hydrogens (tertiary/aromatic N) is 1. The maximum atomic E-state index is 12.2. The van der Waals surface area contributed by atoms with Crippen LogP contribution >= 0.6 is 0 Å². The van der Waals surface area contributed by atoms with Gasteiger partial charge in [-0.1, -0.05) is 68.9 Å². The summed E-state index contributed by atoms with van der Waals surface area (Å²) in [4.78, 5) is 24.9. The molecule has 0 radical (unpaired) electrons. The van der Waals surface area contributed by atoms with E-state index >= 15 is 0 Å². The minimum Gasteiger partial charge on any atom is -0.480 e. The van der Waals surface area contributed by atoms with Crippen LogP contribution in [-0.4, -0.2) is 58.4 Å². The van der Waals surface area contributed by atoms with Gasteiger partial charge in [-0.25, -0.2) is 9.59 Å². The van der Waals surface area contributed by atoms with Crippen molar-refractivity contribution in [3.63, 3.8) is 0 Å². The maximum absolute atomic E-state index is 12.2. The highest BCUT2D eigenvalue weighted by molar-refractivity contribution is 5.80. The highest BCUT2D eigenvalue weighted by atomic mass is 16.6. The second-order valence-corrected chi connectivity index (χ2v) is 11.5. The summed E-state index contributed by atoms with van der Waals surface area (Å²) in [5.74, 6) is -1.04. The van der Waals surface area contributed by atoms with Gasteiger partial charge in [0.25, 0.3) is 0 Å². The largest absolute Gasteiger partial charge is 0.480 e. The molecule has 0 spiro atoms. The number of hydrogen-bond donors (Lipinski definition) is 2. The monoisotopic (exact) mass is 502 g/mol. The number of ether oxygens (including phenoxy) is 2. The van der Waals surface area contributed by atoms with Gasteiger partial charge in [-0.2, -0.15) is 0 Å². The average Bonchev–Trinajstić information content (AvgIpc) is 3.28. The molecule has 1 heterocycles. The van der Waals surface area contributed by atoms with Gasteiger partial charge < -0.3 is 19.9 Å². The number of likely N-dealkylation sites (tertiary alicyclic amines) is 1. The summed E-state index contributed by atoms with van der Waals surface area (Å²) in [5, 5.41) is 13.2. The van der Waals surface area contributed by atoms with E-state index in [9.17, 15) is 14.7 Å². The molecule has 2 aliphatic carbocycles. The Labute approximate surface area is 216 Å². The summed E-state index contributed by atoms with van der Waals surface area (Å²) >= 11 is 0. The summed E-state index contributed by atoms with van der Waals surface area (Å²) in [7, 11) is 0. The molecule has 1 aliphatic heterocycles. The standard InChI is InChI=1S/C17H23NO5.C12H23N/c1-17(2,3)23-13-9-14(15(19)20)18(10-13)16(21)22-11-12-7-5-4-6-8-12;1-3-7-11(8-4-1)13-12-9-5-2-6-10-12/h4-8,13-14H,9-11H2,1-3H3,(H,19,20);11-13H,1-10H2/t13-,14+;/m1./s1. The minimum absolute atomic E-state index is 0.118. The van der Waals surface area contributed by atoms with E-state index in [1.807, 2.05) is 51.1 Å². The summed E-state index contributed by atoms with van der Waals surface area (Å²) < 4.78 is 11.0. The zero-order valence-corrected chi connectivity index (χ0v) is 22.4. The molecule has 3 aliphatic rings. The van der Waals surface area contributed by atoms with Crippen LogP contribution in [0.25, 0.3) is 0 Å². The van der Waals surface area contributed by atoms with Crippen molar-refractivity contribution in [2.24, 2.45) is 0 Å². The van der Waals surface area contributed by atoms with Crippen molar-refractivity contribution >= 4 is 12.1 Å². The van der Waals surface area contributed by atoms with E-state index < -0.39 is 23.7 Å². The second kappa shape index (κ2) is 14.0. The Balaban J connectivity index is 0.000000233. The van der Waals surface area contributed by atoms with E-state index in [4.69, 9.17) is 9.47 Å². The Hall–Kier alpha value is -2.12. The van der Waals surface area contributed by atoms with Gasteiger partial charge >= 0.3 is 12.1 Å². The van der Waals surface area contributed by atoms with Crippen LogP contribution in [0.5, 0.6) is 0 Å². The van der Waals surface area contributed by atoms with Crippen LogP contribution < -0.4 is 5.32 Å². The molecule has 4 rings (SSSR count). The van der Waals surface area contributed by atoms with Crippen molar-refractivity contribution in [2.75, 3.05) is 6.54 Å². The molecule has 2 atom stereocenters. The summed E-state index contributed by atoms with van der Waals surface area (Å²) in [6.07, 6.45) is 13.9. The number of hydrogen-bond acceptors (Lipinski definition) is 5. The molecule has 0 aromatic heterocycles. The second-order valence-electron chi connectivity index (χ2n) is 11.5. The van der Waals surface area contributed by atoms with Gasteiger partial charge in [-0.15, -0.1) is 0 Å². The number of carboxylic acid groups (broad SMARTS) is 1.